The summed E-state index contributed by atoms with van der Waals surface area (Å²) in [5.41, 5.74) is 2.26. The number of esters is 1. The zero-order chi connectivity index (χ0) is 21.6. The number of carbonyl (C=O) groups excluding carboxylic acids is 2. The van der Waals surface area contributed by atoms with E-state index >= 15 is 0 Å². The second-order valence-corrected chi connectivity index (χ2v) is 9.55. The molecule has 1 aliphatic heterocycles. The maximum absolute atomic E-state index is 13.0. The first-order valence-electron chi connectivity index (χ1n) is 9.55. The molecule has 0 fully saturated rings. The van der Waals surface area contributed by atoms with Crippen molar-refractivity contribution in [2.45, 2.75) is 36.5 Å². The Morgan fingerprint density at radius 1 is 0.900 bits per heavy atom. The normalized spacial score (nSPS) is 14.2. The molecule has 0 saturated carbocycles. The van der Waals surface area contributed by atoms with Crippen molar-refractivity contribution in [1.82, 2.24) is 0 Å². The molecular weight excluding hydrogens is 400 g/mol. The lowest BCUT2D eigenvalue weighted by molar-refractivity contribution is 0.0733. The highest BCUT2D eigenvalue weighted by atomic mass is 32.2. The van der Waals surface area contributed by atoms with Crippen molar-refractivity contribution >= 4 is 21.6 Å². The van der Waals surface area contributed by atoms with E-state index in [1.165, 1.54) is 30.3 Å². The fourth-order valence-electron chi connectivity index (χ4n) is 3.55. The highest BCUT2D eigenvalue weighted by Crippen LogP contribution is 2.35. The zero-order valence-corrected chi connectivity index (χ0v) is 17.6. The lowest BCUT2D eigenvalue weighted by Gasteiger charge is -2.19. The van der Waals surface area contributed by atoms with Gasteiger partial charge in [-0.3, -0.25) is 4.79 Å². The summed E-state index contributed by atoms with van der Waals surface area (Å²) in [6.07, 6.45) is 0. The maximum Gasteiger partial charge on any atom is 0.343 e. The summed E-state index contributed by atoms with van der Waals surface area (Å²) in [5, 5.41) is 0. The molecule has 0 spiro atoms. The molecule has 4 rings (SSSR count). The molecule has 0 N–H and O–H groups in total. The van der Waals surface area contributed by atoms with Gasteiger partial charge in [0.2, 0.25) is 9.84 Å². The van der Waals surface area contributed by atoms with Crippen LogP contribution < -0.4 is 4.74 Å². The van der Waals surface area contributed by atoms with Crippen LogP contribution in [0.5, 0.6) is 5.75 Å². The van der Waals surface area contributed by atoms with Gasteiger partial charge in [-0.2, -0.15) is 0 Å². The summed E-state index contributed by atoms with van der Waals surface area (Å²) < 4.78 is 31.6. The van der Waals surface area contributed by atoms with Crippen LogP contribution in [-0.4, -0.2) is 20.2 Å². The Kier molecular flexibility index (Phi) is 4.82. The van der Waals surface area contributed by atoms with Crippen molar-refractivity contribution in [3.63, 3.8) is 0 Å². The predicted molar refractivity (Wildman–Crippen MR) is 112 cm³/mol. The Morgan fingerprint density at radius 3 is 2.33 bits per heavy atom. The summed E-state index contributed by atoms with van der Waals surface area (Å²) in [6.45, 7) is 6.00. The molecule has 0 radical (unpaired) electrons. The summed E-state index contributed by atoms with van der Waals surface area (Å²) in [6, 6.07) is 15.7. The number of sulfone groups is 1. The number of ether oxygens (including phenoxy) is 1. The van der Waals surface area contributed by atoms with Crippen molar-refractivity contribution in [3.8, 4) is 5.75 Å². The molecule has 3 aromatic rings. The Labute approximate surface area is 175 Å². The van der Waals surface area contributed by atoms with Crippen molar-refractivity contribution in [2.24, 2.45) is 0 Å². The third-order valence-corrected chi connectivity index (χ3v) is 6.97. The molecule has 152 valence electrons. The molecule has 1 aliphatic rings. The lowest BCUT2D eigenvalue weighted by Crippen LogP contribution is -2.21. The predicted octanol–water partition coefficient (Wildman–Crippen LogP) is 4.71. The van der Waals surface area contributed by atoms with Crippen LogP contribution in [-0.2, 0) is 9.84 Å². The minimum absolute atomic E-state index is 0.0479. The SMILES string of the molecule is Cc1cc(OC(=O)c2ccc3c(c2)S(=O)(=O)c2ccccc2C3=O)cc(C(C)C)c1. The maximum atomic E-state index is 13.0. The van der Waals surface area contributed by atoms with Crippen molar-refractivity contribution in [2.75, 3.05) is 0 Å². The van der Waals surface area contributed by atoms with Gasteiger partial charge >= 0.3 is 5.97 Å². The number of ketones is 1. The fourth-order valence-corrected chi connectivity index (χ4v) is 5.22. The van der Waals surface area contributed by atoms with Crippen LogP contribution in [0, 0.1) is 6.92 Å². The molecule has 0 aromatic heterocycles. The third kappa shape index (κ3) is 3.33. The molecule has 1 heterocycles. The van der Waals surface area contributed by atoms with Gasteiger partial charge in [0, 0.05) is 11.1 Å². The van der Waals surface area contributed by atoms with E-state index in [0.717, 1.165) is 11.1 Å². The molecule has 0 saturated heterocycles. The molecule has 30 heavy (non-hydrogen) atoms. The van der Waals surface area contributed by atoms with Crippen LogP contribution >= 0.6 is 0 Å². The third-order valence-electron chi connectivity index (χ3n) is 5.12. The van der Waals surface area contributed by atoms with Gasteiger partial charge in [0.15, 0.2) is 5.78 Å². The Hall–Kier alpha value is -3.25. The van der Waals surface area contributed by atoms with Gasteiger partial charge in [0.1, 0.15) is 5.75 Å². The molecule has 0 atom stereocenters. The van der Waals surface area contributed by atoms with E-state index in [0.29, 0.717) is 5.75 Å². The number of carbonyl (C=O) groups is 2. The number of benzene rings is 3. The second kappa shape index (κ2) is 7.22. The van der Waals surface area contributed by atoms with Crippen LogP contribution in [0.25, 0.3) is 0 Å². The van der Waals surface area contributed by atoms with Crippen LogP contribution in [0.4, 0.5) is 0 Å². The first kappa shape index (κ1) is 20.0. The zero-order valence-electron chi connectivity index (χ0n) is 16.8. The Balaban J connectivity index is 1.72. The minimum Gasteiger partial charge on any atom is -0.423 e. The highest BCUT2D eigenvalue weighted by molar-refractivity contribution is 7.91. The van der Waals surface area contributed by atoms with E-state index in [1.54, 1.807) is 24.3 Å². The monoisotopic (exact) mass is 420 g/mol. The van der Waals surface area contributed by atoms with Crippen molar-refractivity contribution in [3.05, 3.63) is 88.5 Å². The summed E-state index contributed by atoms with van der Waals surface area (Å²) in [7, 11) is -3.92. The standard InChI is InChI=1S/C24H20O5S/c1-14(2)17-10-15(3)11-18(12-17)29-24(26)16-8-9-20-22(13-16)30(27,28)21-7-5-4-6-19(21)23(20)25/h4-14H,1-3H3. The highest BCUT2D eigenvalue weighted by Gasteiger charge is 2.35. The van der Waals surface area contributed by atoms with Crippen molar-refractivity contribution < 1.29 is 22.7 Å². The van der Waals surface area contributed by atoms with Crippen LogP contribution in [0.3, 0.4) is 0 Å². The van der Waals surface area contributed by atoms with Gasteiger partial charge < -0.3 is 4.74 Å². The van der Waals surface area contributed by atoms with Gasteiger partial charge in [-0.15, -0.1) is 0 Å². The molecule has 0 amide bonds. The van der Waals surface area contributed by atoms with Gasteiger partial charge in [0.25, 0.3) is 0 Å². The Bertz CT molecular complexity index is 1300. The smallest absolute Gasteiger partial charge is 0.343 e. The van der Waals surface area contributed by atoms with Gasteiger partial charge in [-0.05, 0) is 66.4 Å². The number of hydrogen-bond donors (Lipinski definition) is 0. The van der Waals surface area contributed by atoms with E-state index in [1.807, 2.05) is 26.8 Å². The molecule has 6 heteroatoms. The first-order valence-corrected chi connectivity index (χ1v) is 11.0. The fraction of sp³-hybridized carbons (Fsp3) is 0.167. The summed E-state index contributed by atoms with van der Waals surface area (Å²) >= 11 is 0. The van der Waals surface area contributed by atoms with Crippen molar-refractivity contribution in [1.29, 1.82) is 0 Å². The van der Waals surface area contributed by atoms with Gasteiger partial charge in [-0.1, -0.05) is 32.0 Å². The number of rotatable bonds is 3. The first-order chi connectivity index (χ1) is 14.2. The van der Waals surface area contributed by atoms with Crippen LogP contribution in [0.2, 0.25) is 0 Å². The molecule has 5 nitrogen and oxygen atoms in total. The number of aryl methyl sites for hydroxylation is 1. The van der Waals surface area contributed by atoms with E-state index in [4.69, 9.17) is 4.74 Å². The Morgan fingerprint density at radius 2 is 1.60 bits per heavy atom. The quantitative estimate of drug-likeness (QED) is 0.354. The van der Waals surface area contributed by atoms with Crippen LogP contribution in [0.15, 0.2) is 70.5 Å². The summed E-state index contributed by atoms with van der Waals surface area (Å²) in [5.74, 6) is -0.400. The van der Waals surface area contributed by atoms with Gasteiger partial charge in [-0.25, -0.2) is 13.2 Å². The topological polar surface area (TPSA) is 77.5 Å². The molecule has 0 unspecified atom stereocenters. The minimum atomic E-state index is -3.92. The molecule has 0 bridgehead atoms. The lowest BCUT2D eigenvalue weighted by atomic mass is 10.0. The van der Waals surface area contributed by atoms with Crippen LogP contribution in [0.1, 0.15) is 57.2 Å². The number of hydrogen-bond acceptors (Lipinski definition) is 5. The van der Waals surface area contributed by atoms with E-state index in [9.17, 15) is 18.0 Å². The van der Waals surface area contributed by atoms with Gasteiger partial charge in [0.05, 0.1) is 15.4 Å². The average Bonchev–Trinajstić information content (AvgIpc) is 2.71. The molecular formula is C24H20O5S. The van der Waals surface area contributed by atoms with E-state index in [-0.39, 0.29) is 38.2 Å². The second-order valence-electron chi connectivity index (χ2n) is 7.66. The summed E-state index contributed by atoms with van der Waals surface area (Å²) in [4.78, 5) is 25.2. The largest absolute Gasteiger partial charge is 0.423 e. The molecule has 3 aromatic carbocycles. The number of fused-ring (bicyclic) bond motifs is 2. The average molecular weight is 420 g/mol. The van der Waals surface area contributed by atoms with E-state index in [2.05, 4.69) is 0 Å². The molecule has 0 aliphatic carbocycles. The van der Waals surface area contributed by atoms with E-state index < -0.39 is 15.8 Å².